The van der Waals surface area contributed by atoms with Crippen molar-refractivity contribution in [1.82, 2.24) is 4.57 Å². The minimum atomic E-state index is -0.716. The number of aromatic nitrogens is 1. The molecule has 1 aliphatic heterocycles. The van der Waals surface area contributed by atoms with Crippen LogP contribution in [0, 0.1) is 11.3 Å². The number of carbonyl (C=O) groups is 1. The normalized spacial score (nSPS) is 16.2. The molecule has 148 valence electrons. The molecule has 2 heterocycles. The van der Waals surface area contributed by atoms with E-state index in [2.05, 4.69) is 6.07 Å². The zero-order chi connectivity index (χ0) is 21.3. The van der Waals surface area contributed by atoms with Gasteiger partial charge in [-0.05, 0) is 17.2 Å². The smallest absolute Gasteiger partial charge is 0.337 e. The highest BCUT2D eigenvalue weighted by Crippen LogP contribution is 2.36. The summed E-state index contributed by atoms with van der Waals surface area (Å²) in [5, 5.41) is 9.85. The molecule has 0 amide bonds. The van der Waals surface area contributed by atoms with E-state index in [-0.39, 0.29) is 22.5 Å². The third-order valence-electron chi connectivity index (χ3n) is 4.90. The van der Waals surface area contributed by atoms with Crippen LogP contribution >= 0.6 is 11.3 Å². The van der Waals surface area contributed by atoms with Gasteiger partial charge in [0.05, 0.1) is 34.8 Å². The number of nitriles is 1. The van der Waals surface area contributed by atoms with Gasteiger partial charge < -0.3 is 10.5 Å². The van der Waals surface area contributed by atoms with Crippen LogP contribution in [0.15, 0.2) is 71.0 Å². The molecule has 0 bridgehead atoms. The molecular weight excluding hydrogens is 398 g/mol. The summed E-state index contributed by atoms with van der Waals surface area (Å²) in [5.41, 5.74) is 7.84. The van der Waals surface area contributed by atoms with E-state index in [0.29, 0.717) is 9.20 Å². The topological polar surface area (TPSA) is 98.1 Å². The van der Waals surface area contributed by atoms with Gasteiger partial charge in [0.2, 0.25) is 0 Å². The Morgan fingerprint density at radius 3 is 2.40 bits per heavy atom. The SMILES string of the molecule is COC(=O)C1=c2sc(=Cc3ccccc3)c(=O)n2C(N)=C(C#N)C1c1ccccc1. The summed E-state index contributed by atoms with van der Waals surface area (Å²) < 4.78 is 7.05. The Morgan fingerprint density at radius 1 is 1.17 bits per heavy atom. The molecule has 0 aliphatic carbocycles. The molecule has 3 aromatic rings. The van der Waals surface area contributed by atoms with Crippen molar-refractivity contribution in [3.05, 3.63) is 96.9 Å². The third kappa shape index (κ3) is 3.13. The molecule has 4 rings (SSSR count). The number of methoxy groups -OCH3 is 1. The van der Waals surface area contributed by atoms with E-state index in [1.54, 1.807) is 6.08 Å². The molecule has 0 saturated heterocycles. The Kier molecular flexibility index (Phi) is 5.09. The number of esters is 1. The van der Waals surface area contributed by atoms with Gasteiger partial charge in [-0.1, -0.05) is 60.7 Å². The van der Waals surface area contributed by atoms with Crippen LogP contribution in [0.5, 0.6) is 0 Å². The van der Waals surface area contributed by atoms with Crippen LogP contribution in [0.2, 0.25) is 0 Å². The van der Waals surface area contributed by atoms with Crippen molar-refractivity contribution in [2.45, 2.75) is 5.92 Å². The number of hydrogen-bond acceptors (Lipinski definition) is 6. The number of hydrogen-bond donors (Lipinski definition) is 1. The second-order valence-corrected chi connectivity index (χ2v) is 7.66. The number of ether oxygens (including phenoxy) is 1. The average Bonchev–Trinajstić information content (AvgIpc) is 3.10. The van der Waals surface area contributed by atoms with Gasteiger partial charge in [0, 0.05) is 0 Å². The monoisotopic (exact) mass is 415 g/mol. The van der Waals surface area contributed by atoms with Crippen molar-refractivity contribution in [3.63, 3.8) is 0 Å². The van der Waals surface area contributed by atoms with Crippen molar-refractivity contribution in [2.75, 3.05) is 7.11 Å². The molecule has 2 aromatic carbocycles. The predicted molar refractivity (Wildman–Crippen MR) is 115 cm³/mol. The summed E-state index contributed by atoms with van der Waals surface area (Å²) in [7, 11) is 1.28. The third-order valence-corrected chi connectivity index (χ3v) is 6.01. The molecule has 1 unspecified atom stereocenters. The lowest BCUT2D eigenvalue weighted by molar-refractivity contribution is -0.134. The van der Waals surface area contributed by atoms with E-state index < -0.39 is 11.9 Å². The largest absolute Gasteiger partial charge is 0.466 e. The summed E-state index contributed by atoms with van der Waals surface area (Å²) in [6.45, 7) is 0. The van der Waals surface area contributed by atoms with Crippen LogP contribution < -0.4 is 20.5 Å². The first kappa shape index (κ1) is 19.4. The summed E-state index contributed by atoms with van der Waals surface area (Å²) in [6.07, 6.45) is 1.74. The van der Waals surface area contributed by atoms with E-state index in [1.165, 1.54) is 11.7 Å². The van der Waals surface area contributed by atoms with Crippen molar-refractivity contribution < 1.29 is 9.53 Å². The van der Waals surface area contributed by atoms with Gasteiger partial charge in [0.25, 0.3) is 5.56 Å². The summed E-state index contributed by atoms with van der Waals surface area (Å²) in [6, 6.07) is 20.6. The van der Waals surface area contributed by atoms with E-state index in [0.717, 1.165) is 22.5 Å². The predicted octanol–water partition coefficient (Wildman–Crippen LogP) is 1.51. The first-order chi connectivity index (χ1) is 14.6. The maximum Gasteiger partial charge on any atom is 0.337 e. The molecule has 30 heavy (non-hydrogen) atoms. The van der Waals surface area contributed by atoms with Crippen molar-refractivity contribution in [2.24, 2.45) is 5.73 Å². The van der Waals surface area contributed by atoms with Crippen molar-refractivity contribution in [3.8, 4) is 6.07 Å². The average molecular weight is 415 g/mol. The maximum absolute atomic E-state index is 13.1. The lowest BCUT2D eigenvalue weighted by Crippen LogP contribution is -2.40. The molecule has 2 N–H and O–H groups in total. The van der Waals surface area contributed by atoms with Crippen molar-refractivity contribution >= 4 is 34.8 Å². The Morgan fingerprint density at radius 2 is 1.80 bits per heavy atom. The number of nitrogens with zero attached hydrogens (tertiary/aromatic N) is 2. The zero-order valence-corrected chi connectivity index (χ0v) is 16.8. The summed E-state index contributed by atoms with van der Waals surface area (Å²) in [4.78, 5) is 26.0. The summed E-state index contributed by atoms with van der Waals surface area (Å²) >= 11 is 1.16. The first-order valence-corrected chi connectivity index (χ1v) is 9.94. The van der Waals surface area contributed by atoms with Crippen LogP contribution in [0.1, 0.15) is 17.0 Å². The molecule has 1 aliphatic rings. The number of carbonyl (C=O) groups excluding carboxylic acids is 1. The van der Waals surface area contributed by atoms with Crippen molar-refractivity contribution in [1.29, 1.82) is 5.26 Å². The minimum absolute atomic E-state index is 0.0305. The molecule has 0 spiro atoms. The maximum atomic E-state index is 13.1. The summed E-state index contributed by atoms with van der Waals surface area (Å²) in [5.74, 6) is -1.29. The fourth-order valence-electron chi connectivity index (χ4n) is 3.53. The van der Waals surface area contributed by atoms with Gasteiger partial charge in [-0.2, -0.15) is 5.26 Å². The fourth-order valence-corrected chi connectivity index (χ4v) is 4.70. The standard InChI is InChI=1S/C23H17N3O3S/c1-29-23(28)19-18(15-10-6-3-7-11-15)16(13-24)20(25)26-21(27)17(30-22(19)26)12-14-8-4-2-5-9-14/h2-12,18H,25H2,1H3. The lowest BCUT2D eigenvalue weighted by Gasteiger charge is -2.24. The van der Waals surface area contributed by atoms with Crippen LogP contribution in [-0.2, 0) is 9.53 Å². The van der Waals surface area contributed by atoms with Gasteiger partial charge >= 0.3 is 5.97 Å². The van der Waals surface area contributed by atoms with Crippen LogP contribution in [-0.4, -0.2) is 17.6 Å². The van der Waals surface area contributed by atoms with E-state index in [4.69, 9.17) is 10.5 Å². The van der Waals surface area contributed by atoms with Gasteiger partial charge in [-0.25, -0.2) is 4.79 Å². The van der Waals surface area contributed by atoms with Gasteiger partial charge in [-0.3, -0.25) is 9.36 Å². The van der Waals surface area contributed by atoms with Crippen LogP contribution in [0.3, 0.4) is 0 Å². The molecule has 0 radical (unpaired) electrons. The molecule has 0 saturated carbocycles. The molecule has 1 atom stereocenters. The first-order valence-electron chi connectivity index (χ1n) is 9.13. The number of thiazole rings is 1. The second kappa shape index (κ2) is 7.85. The molecule has 0 fully saturated rings. The van der Waals surface area contributed by atoms with Gasteiger partial charge in [0.15, 0.2) is 0 Å². The van der Waals surface area contributed by atoms with Crippen LogP contribution in [0.4, 0.5) is 0 Å². The molecule has 1 aromatic heterocycles. The molecule has 6 nitrogen and oxygen atoms in total. The Bertz CT molecular complexity index is 1380. The van der Waals surface area contributed by atoms with E-state index >= 15 is 0 Å². The Hall–Kier alpha value is -3.89. The highest BCUT2D eigenvalue weighted by Gasteiger charge is 2.35. The number of nitrogens with two attached hydrogens (primary N) is 1. The minimum Gasteiger partial charge on any atom is -0.466 e. The van der Waals surface area contributed by atoms with E-state index in [1.807, 2.05) is 60.7 Å². The molecular formula is C23H17N3O3S. The number of rotatable bonds is 3. The van der Waals surface area contributed by atoms with Gasteiger partial charge in [-0.15, -0.1) is 11.3 Å². The molecule has 7 heteroatoms. The number of allylic oxidation sites excluding steroid dienone is 1. The zero-order valence-electron chi connectivity index (χ0n) is 16.0. The lowest BCUT2D eigenvalue weighted by atomic mass is 9.84. The highest BCUT2D eigenvalue weighted by atomic mass is 32.1. The number of benzene rings is 2. The second-order valence-electron chi connectivity index (χ2n) is 6.63. The highest BCUT2D eigenvalue weighted by molar-refractivity contribution is 7.07. The van der Waals surface area contributed by atoms with Crippen LogP contribution in [0.25, 0.3) is 17.5 Å². The Labute approximate surface area is 176 Å². The van der Waals surface area contributed by atoms with E-state index in [9.17, 15) is 14.9 Å². The fraction of sp³-hybridized carbons (Fsp3) is 0.0870. The number of fused-ring (bicyclic) bond motifs is 1. The van der Waals surface area contributed by atoms with Gasteiger partial charge in [0.1, 0.15) is 10.5 Å². The quantitative estimate of drug-likeness (QED) is 0.654. The Balaban J connectivity index is 2.12.